The van der Waals surface area contributed by atoms with Crippen molar-refractivity contribution in [2.45, 2.75) is 24.3 Å². The molecule has 100 valence electrons. The van der Waals surface area contributed by atoms with E-state index in [1.807, 2.05) is 6.92 Å². The molecule has 1 aliphatic heterocycles. The molecule has 4 N–H and O–H groups in total. The zero-order valence-corrected chi connectivity index (χ0v) is 10.8. The van der Waals surface area contributed by atoms with Crippen LogP contribution in [0.1, 0.15) is 12.0 Å². The number of nitrogens with one attached hydrogen (secondary N) is 1. The van der Waals surface area contributed by atoms with Crippen LogP contribution in [0.25, 0.3) is 0 Å². The van der Waals surface area contributed by atoms with Gasteiger partial charge in [0.2, 0.25) is 5.91 Å². The molecule has 1 aliphatic rings. The summed E-state index contributed by atoms with van der Waals surface area (Å²) in [6, 6.07) is 5.96. The lowest BCUT2D eigenvalue weighted by molar-refractivity contribution is -0.121. The van der Waals surface area contributed by atoms with Crippen LogP contribution in [-0.4, -0.2) is 31.5 Å². The van der Waals surface area contributed by atoms with Crippen LogP contribution in [0, 0.1) is 6.92 Å². The van der Waals surface area contributed by atoms with Crippen molar-refractivity contribution in [2.24, 2.45) is 5.73 Å². The molecule has 18 heavy (non-hydrogen) atoms. The van der Waals surface area contributed by atoms with E-state index in [4.69, 9.17) is 10.3 Å². The molecule has 1 amide bonds. The summed E-state index contributed by atoms with van der Waals surface area (Å²) < 4.78 is 29.6. The molecule has 0 spiro atoms. The van der Waals surface area contributed by atoms with Gasteiger partial charge >= 0.3 is 0 Å². The topological polar surface area (TPSA) is 109 Å². The summed E-state index contributed by atoms with van der Waals surface area (Å²) in [6.07, 6.45) is 0.912. The van der Waals surface area contributed by atoms with Gasteiger partial charge in [0.05, 0.1) is 10.9 Å². The van der Waals surface area contributed by atoms with Gasteiger partial charge in [0.25, 0.3) is 10.1 Å². The smallest absolute Gasteiger partial charge is 0.294 e. The van der Waals surface area contributed by atoms with E-state index in [2.05, 4.69) is 5.32 Å². The number of carbonyl (C=O) groups excluding carboxylic acids is 1. The Morgan fingerprint density at radius 1 is 1.39 bits per heavy atom. The zero-order chi connectivity index (χ0) is 13.8. The standard InChI is InChI=1S/C7H8O3S.C4H8N2O/c1-6-2-4-7(5-3-6)11(8,9)10;5-4(7)3-1-2-6-3/h2-5H,1H3,(H,8,9,10);3,6H,1-2H2,(H2,5,7). The Kier molecular flexibility index (Phi) is 4.83. The largest absolute Gasteiger partial charge is 0.368 e. The van der Waals surface area contributed by atoms with Crippen molar-refractivity contribution in [3.63, 3.8) is 0 Å². The molecule has 1 heterocycles. The predicted octanol–water partition coefficient (Wildman–Crippen LogP) is 0.0753. The molecular weight excluding hydrogens is 256 g/mol. The number of primary amides is 1. The first kappa shape index (κ1) is 14.6. The average molecular weight is 272 g/mol. The lowest BCUT2D eigenvalue weighted by atomic mass is 10.1. The Labute approximate surface area is 106 Å². The molecule has 0 radical (unpaired) electrons. The van der Waals surface area contributed by atoms with Gasteiger partial charge in [0.15, 0.2) is 0 Å². The fourth-order valence-electron chi connectivity index (χ4n) is 1.24. The summed E-state index contributed by atoms with van der Waals surface area (Å²) >= 11 is 0. The van der Waals surface area contributed by atoms with Crippen LogP contribution in [0.5, 0.6) is 0 Å². The van der Waals surface area contributed by atoms with E-state index in [9.17, 15) is 13.2 Å². The van der Waals surface area contributed by atoms with Gasteiger partial charge in [-0.25, -0.2) is 0 Å². The first-order valence-electron chi connectivity index (χ1n) is 5.37. The first-order valence-corrected chi connectivity index (χ1v) is 6.81. The quantitative estimate of drug-likeness (QED) is 0.660. The highest BCUT2D eigenvalue weighted by molar-refractivity contribution is 7.85. The Morgan fingerprint density at radius 3 is 2.11 bits per heavy atom. The highest BCUT2D eigenvalue weighted by Crippen LogP contribution is 2.08. The lowest BCUT2D eigenvalue weighted by Crippen LogP contribution is -2.51. The van der Waals surface area contributed by atoms with Crippen LogP contribution >= 0.6 is 0 Å². The molecule has 7 heteroatoms. The van der Waals surface area contributed by atoms with Gasteiger partial charge < -0.3 is 11.1 Å². The van der Waals surface area contributed by atoms with Crippen LogP contribution in [-0.2, 0) is 14.9 Å². The Balaban J connectivity index is 0.000000199. The van der Waals surface area contributed by atoms with Crippen molar-refractivity contribution < 1.29 is 17.8 Å². The second-order valence-electron chi connectivity index (χ2n) is 3.99. The molecule has 1 unspecified atom stereocenters. The summed E-state index contributed by atoms with van der Waals surface area (Å²) in [7, 11) is -4.02. The van der Waals surface area contributed by atoms with Crippen LogP contribution in [0.15, 0.2) is 29.2 Å². The molecule has 1 atom stereocenters. The van der Waals surface area contributed by atoms with Crippen LogP contribution in [0.4, 0.5) is 0 Å². The van der Waals surface area contributed by atoms with Gasteiger partial charge in [0.1, 0.15) is 0 Å². The molecule has 0 aliphatic carbocycles. The monoisotopic (exact) mass is 272 g/mol. The number of hydrogen-bond acceptors (Lipinski definition) is 4. The third kappa shape index (κ3) is 4.44. The average Bonchev–Trinajstić information content (AvgIpc) is 2.13. The number of aryl methyl sites for hydroxylation is 1. The maximum Gasteiger partial charge on any atom is 0.294 e. The summed E-state index contributed by atoms with van der Waals surface area (Å²) in [5.41, 5.74) is 5.85. The SMILES string of the molecule is Cc1ccc(S(=O)(=O)O)cc1.NC(=O)C1CCN1. The van der Waals surface area contributed by atoms with Gasteiger partial charge in [-0.1, -0.05) is 17.7 Å². The van der Waals surface area contributed by atoms with Crippen molar-refractivity contribution >= 4 is 16.0 Å². The van der Waals surface area contributed by atoms with Gasteiger partial charge in [-0.3, -0.25) is 9.35 Å². The van der Waals surface area contributed by atoms with Crippen LogP contribution < -0.4 is 11.1 Å². The molecule has 6 nitrogen and oxygen atoms in total. The van der Waals surface area contributed by atoms with Gasteiger partial charge in [0, 0.05) is 0 Å². The number of amides is 1. The minimum absolute atomic E-state index is 0.0278. The fourth-order valence-corrected chi connectivity index (χ4v) is 1.72. The minimum Gasteiger partial charge on any atom is -0.368 e. The van der Waals surface area contributed by atoms with E-state index in [1.54, 1.807) is 12.1 Å². The zero-order valence-electron chi connectivity index (χ0n) is 9.96. The Hall–Kier alpha value is -1.44. The van der Waals surface area contributed by atoms with Crippen molar-refractivity contribution in [1.29, 1.82) is 0 Å². The van der Waals surface area contributed by atoms with Crippen molar-refractivity contribution in [3.8, 4) is 0 Å². The first-order chi connectivity index (χ1) is 8.30. The van der Waals surface area contributed by atoms with Gasteiger partial charge in [-0.15, -0.1) is 0 Å². The molecular formula is C11H16N2O4S. The van der Waals surface area contributed by atoms with E-state index in [-0.39, 0.29) is 16.8 Å². The highest BCUT2D eigenvalue weighted by Gasteiger charge is 2.20. The van der Waals surface area contributed by atoms with E-state index in [0.717, 1.165) is 18.5 Å². The minimum atomic E-state index is -4.02. The molecule has 1 aromatic rings. The summed E-state index contributed by atoms with van der Waals surface area (Å²) in [6.45, 7) is 2.78. The number of carbonyl (C=O) groups is 1. The molecule has 0 aromatic heterocycles. The number of rotatable bonds is 2. The predicted molar refractivity (Wildman–Crippen MR) is 66.6 cm³/mol. The van der Waals surface area contributed by atoms with Gasteiger partial charge in [-0.2, -0.15) is 8.42 Å². The van der Waals surface area contributed by atoms with E-state index in [1.165, 1.54) is 12.1 Å². The van der Waals surface area contributed by atoms with Gasteiger partial charge in [-0.05, 0) is 32.0 Å². The maximum absolute atomic E-state index is 10.5. The maximum atomic E-state index is 10.5. The summed E-state index contributed by atoms with van der Waals surface area (Å²) in [5.74, 6) is -0.230. The van der Waals surface area contributed by atoms with Crippen molar-refractivity contribution in [1.82, 2.24) is 5.32 Å². The fraction of sp³-hybridized carbons (Fsp3) is 0.364. The number of nitrogens with two attached hydrogens (primary N) is 1. The number of benzene rings is 1. The normalized spacial score (nSPS) is 18.2. The van der Waals surface area contributed by atoms with E-state index >= 15 is 0 Å². The Morgan fingerprint density at radius 2 is 1.89 bits per heavy atom. The second-order valence-corrected chi connectivity index (χ2v) is 5.41. The molecule has 2 rings (SSSR count). The van der Waals surface area contributed by atoms with Crippen molar-refractivity contribution in [2.75, 3.05) is 6.54 Å². The molecule has 0 bridgehead atoms. The van der Waals surface area contributed by atoms with Crippen LogP contribution in [0.3, 0.4) is 0 Å². The van der Waals surface area contributed by atoms with Crippen molar-refractivity contribution in [3.05, 3.63) is 29.8 Å². The second kappa shape index (κ2) is 5.94. The molecule has 1 fully saturated rings. The number of hydrogen-bond donors (Lipinski definition) is 3. The summed E-state index contributed by atoms with van der Waals surface area (Å²) in [4.78, 5) is 10.1. The third-order valence-corrected chi connectivity index (χ3v) is 3.35. The molecule has 1 aromatic carbocycles. The van der Waals surface area contributed by atoms with E-state index in [0.29, 0.717) is 0 Å². The third-order valence-electron chi connectivity index (χ3n) is 2.49. The van der Waals surface area contributed by atoms with E-state index < -0.39 is 10.1 Å². The molecule has 1 saturated heterocycles. The summed E-state index contributed by atoms with van der Waals surface area (Å²) in [5, 5.41) is 2.87. The highest BCUT2D eigenvalue weighted by atomic mass is 32.2. The Bertz CT molecular complexity index is 506. The van der Waals surface area contributed by atoms with Crippen LogP contribution in [0.2, 0.25) is 0 Å². The lowest BCUT2D eigenvalue weighted by Gasteiger charge is -2.23. The molecule has 0 saturated carbocycles.